The van der Waals surface area contributed by atoms with Crippen LogP contribution in [0.1, 0.15) is 55.3 Å². The van der Waals surface area contributed by atoms with E-state index >= 15 is 0 Å². The number of thiazole rings is 1. The van der Waals surface area contributed by atoms with E-state index in [1.54, 1.807) is 17.4 Å². The maximum atomic E-state index is 13.8. The molecule has 3 heterocycles. The third-order valence-corrected chi connectivity index (χ3v) is 8.42. The van der Waals surface area contributed by atoms with Crippen molar-refractivity contribution < 1.29 is 33.8 Å². The molecule has 0 aliphatic carbocycles. The Bertz CT molecular complexity index is 1310. The highest BCUT2D eigenvalue weighted by Gasteiger charge is 2.43. The number of aryl methyl sites for hydroxylation is 2. The average molecular weight is 615 g/mol. The summed E-state index contributed by atoms with van der Waals surface area (Å²) in [7, 11) is 0. The maximum absolute atomic E-state index is 13.8. The molecule has 1 aliphatic rings. The van der Waals surface area contributed by atoms with Crippen LogP contribution in [0, 0.1) is 12.8 Å². The van der Waals surface area contributed by atoms with Gasteiger partial charge < -0.3 is 34.4 Å². The van der Waals surface area contributed by atoms with Gasteiger partial charge in [0.15, 0.2) is 0 Å². The molecule has 1 aliphatic heterocycles. The van der Waals surface area contributed by atoms with E-state index in [9.17, 15) is 14.7 Å². The lowest BCUT2D eigenvalue weighted by Crippen LogP contribution is -2.48. The number of hydrogen-bond donors (Lipinski definition) is 3. The highest BCUT2D eigenvalue weighted by Crippen LogP contribution is 2.32. The molecule has 2 aromatic heterocycles. The molecule has 1 saturated heterocycles. The van der Waals surface area contributed by atoms with E-state index in [-0.39, 0.29) is 37.3 Å². The van der Waals surface area contributed by atoms with Crippen molar-refractivity contribution in [3.05, 3.63) is 58.6 Å². The predicted molar refractivity (Wildman–Crippen MR) is 161 cm³/mol. The van der Waals surface area contributed by atoms with Crippen LogP contribution in [0.2, 0.25) is 0 Å². The Morgan fingerprint density at radius 1 is 1.16 bits per heavy atom. The van der Waals surface area contributed by atoms with Crippen molar-refractivity contribution in [1.82, 2.24) is 20.4 Å². The number of nitrogens with zero attached hydrogens (tertiary/aromatic N) is 3. The van der Waals surface area contributed by atoms with Crippen LogP contribution >= 0.6 is 11.3 Å². The van der Waals surface area contributed by atoms with E-state index in [4.69, 9.17) is 19.1 Å². The van der Waals surface area contributed by atoms with Gasteiger partial charge in [-0.1, -0.05) is 43.3 Å². The zero-order valence-corrected chi connectivity index (χ0v) is 25.8. The Labute approximate surface area is 256 Å². The molecule has 3 atom stereocenters. The molecule has 234 valence electrons. The van der Waals surface area contributed by atoms with E-state index in [0.29, 0.717) is 45.2 Å². The lowest BCUT2D eigenvalue weighted by Gasteiger charge is -2.28. The Morgan fingerprint density at radius 2 is 1.91 bits per heavy atom. The van der Waals surface area contributed by atoms with Gasteiger partial charge in [0, 0.05) is 32.2 Å². The minimum absolute atomic E-state index is 0.00930. The summed E-state index contributed by atoms with van der Waals surface area (Å²) in [6.45, 7) is 7.92. The highest BCUT2D eigenvalue weighted by atomic mass is 32.1. The van der Waals surface area contributed by atoms with Crippen molar-refractivity contribution in [1.29, 1.82) is 0 Å². The Kier molecular flexibility index (Phi) is 12.2. The van der Waals surface area contributed by atoms with E-state index in [1.807, 2.05) is 50.5 Å². The average Bonchev–Trinajstić information content (AvgIpc) is 3.73. The molecule has 4 rings (SSSR count). The standard InChI is InChI=1S/C31H42N4O7S/c1-20(2)28(27-15-24(34-42-27)5-4-11-40-13-14-41-12-10-36)31(39)35-18-25(37)16-26(35)30(38)32-17-22-6-8-23(9-7-22)29-21(3)33-19-43-29/h6-9,15,19-20,25-26,28,36-37H,4-5,10-14,16-18H2,1-3H3,(H,32,38)/t25-,26+,28?/m1/s1. The van der Waals surface area contributed by atoms with Gasteiger partial charge in [0.05, 0.1) is 54.3 Å². The second-order valence-corrected chi connectivity index (χ2v) is 11.9. The molecule has 3 aromatic rings. The normalized spacial score (nSPS) is 17.5. The fourth-order valence-corrected chi connectivity index (χ4v) is 6.03. The third kappa shape index (κ3) is 8.93. The molecule has 0 saturated carbocycles. The number of rotatable bonds is 16. The lowest BCUT2D eigenvalue weighted by atomic mass is 9.91. The first-order valence-corrected chi connectivity index (χ1v) is 15.6. The van der Waals surface area contributed by atoms with Crippen LogP contribution in [0.25, 0.3) is 10.4 Å². The lowest BCUT2D eigenvalue weighted by molar-refractivity contribution is -0.141. The van der Waals surface area contributed by atoms with Crippen molar-refractivity contribution in [2.75, 3.05) is 39.6 Å². The number of β-amino-alcohol motifs (C(OH)–C–C–N with tert-alkyl or cyclic N) is 1. The van der Waals surface area contributed by atoms with Gasteiger partial charge >= 0.3 is 0 Å². The van der Waals surface area contributed by atoms with Gasteiger partial charge in [-0.25, -0.2) is 4.98 Å². The van der Waals surface area contributed by atoms with Crippen LogP contribution in [0.3, 0.4) is 0 Å². The van der Waals surface area contributed by atoms with Crippen molar-refractivity contribution in [3.8, 4) is 10.4 Å². The molecule has 0 bridgehead atoms. The van der Waals surface area contributed by atoms with E-state index in [0.717, 1.165) is 33.8 Å². The predicted octanol–water partition coefficient (Wildman–Crippen LogP) is 3.08. The number of ether oxygens (including phenoxy) is 2. The molecule has 11 nitrogen and oxygen atoms in total. The zero-order chi connectivity index (χ0) is 30.8. The van der Waals surface area contributed by atoms with Crippen molar-refractivity contribution in [3.63, 3.8) is 0 Å². The summed E-state index contributed by atoms with van der Waals surface area (Å²) in [5.41, 5.74) is 5.55. The summed E-state index contributed by atoms with van der Waals surface area (Å²) in [5.74, 6) is -0.855. The molecule has 2 amide bonds. The third-order valence-electron chi connectivity index (χ3n) is 7.44. The van der Waals surface area contributed by atoms with Crippen LogP contribution in [0.15, 0.2) is 40.4 Å². The summed E-state index contributed by atoms with van der Waals surface area (Å²) < 4.78 is 16.3. The number of likely N-dealkylation sites (tertiary alicyclic amines) is 1. The van der Waals surface area contributed by atoms with Crippen molar-refractivity contribution >= 4 is 23.2 Å². The number of carbonyl (C=O) groups is 2. The monoisotopic (exact) mass is 614 g/mol. The fourth-order valence-electron chi connectivity index (χ4n) is 5.21. The van der Waals surface area contributed by atoms with Gasteiger partial charge in [0.1, 0.15) is 17.7 Å². The van der Waals surface area contributed by atoms with Gasteiger partial charge in [-0.2, -0.15) is 0 Å². The van der Waals surface area contributed by atoms with Gasteiger partial charge in [-0.3, -0.25) is 9.59 Å². The largest absolute Gasteiger partial charge is 0.394 e. The molecule has 1 aromatic carbocycles. The molecule has 0 spiro atoms. The second kappa shape index (κ2) is 16.1. The van der Waals surface area contributed by atoms with E-state index in [2.05, 4.69) is 15.5 Å². The van der Waals surface area contributed by atoms with Crippen molar-refractivity contribution in [2.45, 2.75) is 64.6 Å². The van der Waals surface area contributed by atoms with Crippen LogP contribution < -0.4 is 5.32 Å². The molecule has 3 N–H and O–H groups in total. The maximum Gasteiger partial charge on any atom is 0.243 e. The van der Waals surface area contributed by atoms with Gasteiger partial charge in [0.25, 0.3) is 0 Å². The quantitative estimate of drug-likeness (QED) is 0.207. The van der Waals surface area contributed by atoms with Crippen LogP contribution in [-0.2, 0) is 32.0 Å². The van der Waals surface area contributed by atoms with Crippen LogP contribution in [0.5, 0.6) is 0 Å². The number of aromatic nitrogens is 2. The second-order valence-electron chi connectivity index (χ2n) is 11.1. The molecule has 1 unspecified atom stereocenters. The molecule has 12 heteroatoms. The summed E-state index contributed by atoms with van der Waals surface area (Å²) in [5, 5.41) is 26.3. The molecule has 43 heavy (non-hydrogen) atoms. The van der Waals surface area contributed by atoms with Crippen LogP contribution in [0.4, 0.5) is 0 Å². The fraction of sp³-hybridized carbons (Fsp3) is 0.548. The van der Waals surface area contributed by atoms with E-state index in [1.165, 1.54) is 4.90 Å². The number of carbonyl (C=O) groups excluding carboxylic acids is 2. The van der Waals surface area contributed by atoms with Gasteiger partial charge in [0.2, 0.25) is 11.8 Å². The summed E-state index contributed by atoms with van der Waals surface area (Å²) >= 11 is 1.59. The van der Waals surface area contributed by atoms with Crippen molar-refractivity contribution in [2.24, 2.45) is 5.92 Å². The number of benzene rings is 1. The first-order valence-electron chi connectivity index (χ1n) is 14.8. The Hall–Kier alpha value is -3.16. The van der Waals surface area contributed by atoms with Gasteiger partial charge in [-0.15, -0.1) is 11.3 Å². The first-order chi connectivity index (χ1) is 20.8. The number of amides is 2. The SMILES string of the molecule is Cc1ncsc1-c1ccc(CNC(=O)[C@@H]2C[C@@H](O)CN2C(=O)C(c2cc(CCCOCCOCCO)no2)C(C)C)cc1. The van der Waals surface area contributed by atoms with E-state index < -0.39 is 18.1 Å². The first kappa shape index (κ1) is 32.7. The summed E-state index contributed by atoms with van der Waals surface area (Å²) in [6, 6.07) is 8.99. The summed E-state index contributed by atoms with van der Waals surface area (Å²) in [6.07, 6.45) is 0.742. The minimum atomic E-state index is -0.784. The van der Waals surface area contributed by atoms with Crippen LogP contribution in [-0.4, -0.2) is 88.8 Å². The Morgan fingerprint density at radius 3 is 2.58 bits per heavy atom. The summed E-state index contributed by atoms with van der Waals surface area (Å²) in [4.78, 5) is 34.0. The minimum Gasteiger partial charge on any atom is -0.394 e. The highest BCUT2D eigenvalue weighted by molar-refractivity contribution is 7.13. The zero-order valence-electron chi connectivity index (χ0n) is 25.0. The molecular formula is C31H42N4O7S. The smallest absolute Gasteiger partial charge is 0.243 e. The molecular weight excluding hydrogens is 572 g/mol. The number of aliphatic hydroxyl groups excluding tert-OH is 2. The number of nitrogens with one attached hydrogen (secondary N) is 1. The number of aliphatic hydroxyl groups is 2. The molecule has 1 fully saturated rings. The Balaban J connectivity index is 1.32. The number of hydrogen-bond acceptors (Lipinski definition) is 10. The van der Waals surface area contributed by atoms with Gasteiger partial charge in [-0.05, 0) is 36.8 Å². The molecule has 0 radical (unpaired) electrons. The topological polar surface area (TPSA) is 147 Å².